The number of carbonyl (C=O) groups excluding carboxylic acids is 1. The van der Waals surface area contributed by atoms with Crippen LogP contribution in [0.15, 0.2) is 28.7 Å². The quantitative estimate of drug-likeness (QED) is 0.762. The highest BCUT2D eigenvalue weighted by molar-refractivity contribution is 9.10. The summed E-state index contributed by atoms with van der Waals surface area (Å²) in [6, 6.07) is 7.97. The van der Waals surface area contributed by atoms with E-state index in [2.05, 4.69) is 25.9 Å². The Balaban J connectivity index is 1.47. The van der Waals surface area contributed by atoms with Crippen molar-refractivity contribution in [3.63, 3.8) is 0 Å². The standard InChI is InChI=1S/C18H21BrN4O3/c1-25-14-6-3-2-5-13(14)21-8-10-22(11-9-21)17(24)16-15(19)18-23(20-16)7-4-12-26-18/h2-3,5-6H,4,7-12H2,1H3. The number of ether oxygens (including phenoxy) is 2. The first kappa shape index (κ1) is 17.2. The van der Waals surface area contributed by atoms with E-state index in [9.17, 15) is 4.79 Å². The Morgan fingerprint density at radius 1 is 1.19 bits per heavy atom. The molecule has 138 valence electrons. The Kier molecular flexibility index (Phi) is 4.76. The molecule has 0 saturated carbocycles. The monoisotopic (exact) mass is 420 g/mol. The van der Waals surface area contributed by atoms with E-state index in [0.29, 0.717) is 35.7 Å². The molecule has 0 spiro atoms. The first-order valence-electron chi connectivity index (χ1n) is 8.75. The number of methoxy groups -OCH3 is 1. The van der Waals surface area contributed by atoms with Gasteiger partial charge in [0.2, 0.25) is 5.88 Å². The summed E-state index contributed by atoms with van der Waals surface area (Å²) in [6.45, 7) is 4.25. The van der Waals surface area contributed by atoms with Crippen molar-refractivity contribution < 1.29 is 14.3 Å². The van der Waals surface area contributed by atoms with Crippen LogP contribution in [0.25, 0.3) is 0 Å². The third-order valence-electron chi connectivity index (χ3n) is 4.80. The fourth-order valence-corrected chi connectivity index (χ4v) is 3.99. The number of para-hydroxylation sites is 2. The van der Waals surface area contributed by atoms with Gasteiger partial charge in [0.1, 0.15) is 10.2 Å². The fraction of sp³-hybridized carbons (Fsp3) is 0.444. The number of halogens is 1. The second-order valence-corrected chi connectivity index (χ2v) is 7.14. The van der Waals surface area contributed by atoms with Crippen molar-refractivity contribution in [2.45, 2.75) is 13.0 Å². The third kappa shape index (κ3) is 3.02. The molecule has 7 nitrogen and oxygen atoms in total. The molecule has 26 heavy (non-hydrogen) atoms. The fourth-order valence-electron chi connectivity index (χ4n) is 3.43. The van der Waals surface area contributed by atoms with Crippen LogP contribution < -0.4 is 14.4 Å². The van der Waals surface area contributed by atoms with E-state index in [-0.39, 0.29) is 5.91 Å². The number of rotatable bonds is 3. The van der Waals surface area contributed by atoms with Gasteiger partial charge in [0.15, 0.2) is 5.69 Å². The number of piperazine rings is 1. The molecule has 1 amide bonds. The van der Waals surface area contributed by atoms with E-state index >= 15 is 0 Å². The number of anilines is 1. The van der Waals surface area contributed by atoms with Gasteiger partial charge < -0.3 is 19.3 Å². The Morgan fingerprint density at radius 2 is 1.96 bits per heavy atom. The van der Waals surface area contributed by atoms with Crippen molar-refractivity contribution >= 4 is 27.5 Å². The number of carbonyl (C=O) groups is 1. The normalized spacial score (nSPS) is 16.8. The lowest BCUT2D eigenvalue weighted by atomic mass is 10.2. The number of aromatic nitrogens is 2. The summed E-state index contributed by atoms with van der Waals surface area (Å²) < 4.78 is 13.5. The van der Waals surface area contributed by atoms with Gasteiger partial charge in [0, 0.05) is 39.1 Å². The SMILES string of the molecule is COc1ccccc1N1CCN(C(=O)c2nn3c(c2Br)OCCC3)CC1. The molecule has 4 rings (SSSR count). The minimum atomic E-state index is -0.0537. The van der Waals surface area contributed by atoms with Crippen LogP contribution >= 0.6 is 15.9 Å². The molecule has 0 atom stereocenters. The van der Waals surface area contributed by atoms with Gasteiger partial charge in [0.25, 0.3) is 5.91 Å². The molecule has 1 fully saturated rings. The first-order valence-corrected chi connectivity index (χ1v) is 9.54. The zero-order valence-corrected chi connectivity index (χ0v) is 16.2. The van der Waals surface area contributed by atoms with Crippen LogP contribution in [0.2, 0.25) is 0 Å². The number of benzene rings is 1. The van der Waals surface area contributed by atoms with Gasteiger partial charge >= 0.3 is 0 Å². The molecule has 0 aliphatic carbocycles. The van der Waals surface area contributed by atoms with Crippen LogP contribution in [-0.4, -0.2) is 60.5 Å². The van der Waals surface area contributed by atoms with Gasteiger partial charge in [-0.2, -0.15) is 5.10 Å². The van der Waals surface area contributed by atoms with E-state index < -0.39 is 0 Å². The van der Waals surface area contributed by atoms with E-state index in [1.807, 2.05) is 29.2 Å². The molecule has 1 aromatic carbocycles. The molecular weight excluding hydrogens is 400 g/mol. The Bertz CT molecular complexity index is 815. The molecule has 8 heteroatoms. The van der Waals surface area contributed by atoms with Crippen LogP contribution in [0, 0.1) is 0 Å². The van der Waals surface area contributed by atoms with Gasteiger partial charge in [-0.3, -0.25) is 4.79 Å². The van der Waals surface area contributed by atoms with Crippen LogP contribution in [0.4, 0.5) is 5.69 Å². The van der Waals surface area contributed by atoms with E-state index in [1.54, 1.807) is 11.8 Å². The van der Waals surface area contributed by atoms with Gasteiger partial charge in [-0.15, -0.1) is 0 Å². The molecule has 2 aliphatic heterocycles. The van der Waals surface area contributed by atoms with Crippen molar-refractivity contribution in [1.82, 2.24) is 14.7 Å². The zero-order valence-electron chi connectivity index (χ0n) is 14.7. The highest BCUT2D eigenvalue weighted by atomic mass is 79.9. The lowest BCUT2D eigenvalue weighted by Gasteiger charge is -2.36. The predicted octanol–water partition coefficient (Wildman–Crippen LogP) is 2.40. The van der Waals surface area contributed by atoms with Gasteiger partial charge in [-0.05, 0) is 28.1 Å². The predicted molar refractivity (Wildman–Crippen MR) is 101 cm³/mol. The maximum Gasteiger partial charge on any atom is 0.275 e. The smallest absolute Gasteiger partial charge is 0.275 e. The summed E-state index contributed by atoms with van der Waals surface area (Å²) >= 11 is 3.49. The van der Waals surface area contributed by atoms with Crippen LogP contribution in [-0.2, 0) is 6.54 Å². The molecule has 2 aliphatic rings. The number of nitrogens with zero attached hydrogens (tertiary/aromatic N) is 4. The van der Waals surface area contributed by atoms with Gasteiger partial charge in [0.05, 0.1) is 19.4 Å². The van der Waals surface area contributed by atoms with Crippen molar-refractivity contribution in [1.29, 1.82) is 0 Å². The van der Waals surface area contributed by atoms with Gasteiger partial charge in [-0.25, -0.2) is 4.68 Å². The van der Waals surface area contributed by atoms with Crippen LogP contribution in [0.3, 0.4) is 0 Å². The third-order valence-corrected chi connectivity index (χ3v) is 5.51. The molecule has 1 saturated heterocycles. The highest BCUT2D eigenvalue weighted by Crippen LogP contribution is 2.33. The van der Waals surface area contributed by atoms with Crippen molar-refractivity contribution in [3.05, 3.63) is 34.4 Å². The molecule has 3 heterocycles. The summed E-state index contributed by atoms with van der Waals surface area (Å²) in [5.74, 6) is 1.46. The van der Waals surface area contributed by atoms with Crippen molar-refractivity contribution in [3.8, 4) is 11.6 Å². The van der Waals surface area contributed by atoms with Crippen molar-refractivity contribution in [2.75, 3.05) is 44.8 Å². The van der Waals surface area contributed by atoms with E-state index in [1.165, 1.54) is 0 Å². The zero-order chi connectivity index (χ0) is 18.1. The van der Waals surface area contributed by atoms with E-state index in [0.717, 1.165) is 37.5 Å². The number of hydrogen-bond acceptors (Lipinski definition) is 5. The maximum atomic E-state index is 12.9. The summed E-state index contributed by atoms with van der Waals surface area (Å²) in [5, 5.41) is 4.45. The maximum absolute atomic E-state index is 12.9. The summed E-state index contributed by atoms with van der Waals surface area (Å²) in [7, 11) is 1.68. The highest BCUT2D eigenvalue weighted by Gasteiger charge is 2.30. The second kappa shape index (κ2) is 7.19. The first-order chi connectivity index (χ1) is 12.7. The number of amides is 1. The topological polar surface area (TPSA) is 59.8 Å². The Labute approximate surface area is 160 Å². The summed E-state index contributed by atoms with van der Waals surface area (Å²) in [6.07, 6.45) is 0.909. The average Bonchev–Trinajstić information content (AvgIpc) is 3.04. The molecule has 0 radical (unpaired) electrons. The lowest BCUT2D eigenvalue weighted by molar-refractivity contribution is 0.0739. The molecule has 0 N–H and O–H groups in total. The molecule has 2 aromatic rings. The molecule has 0 bridgehead atoms. The van der Waals surface area contributed by atoms with Crippen molar-refractivity contribution in [2.24, 2.45) is 0 Å². The lowest BCUT2D eigenvalue weighted by Crippen LogP contribution is -2.49. The largest absolute Gasteiger partial charge is 0.495 e. The van der Waals surface area contributed by atoms with E-state index in [4.69, 9.17) is 9.47 Å². The second-order valence-electron chi connectivity index (χ2n) is 6.34. The molecule has 0 unspecified atom stereocenters. The Hall–Kier alpha value is -2.22. The summed E-state index contributed by atoms with van der Waals surface area (Å²) in [5.41, 5.74) is 1.50. The minimum absolute atomic E-state index is 0.0537. The van der Waals surface area contributed by atoms with Gasteiger partial charge in [-0.1, -0.05) is 12.1 Å². The van der Waals surface area contributed by atoms with Crippen LogP contribution in [0.5, 0.6) is 11.6 Å². The Morgan fingerprint density at radius 3 is 2.69 bits per heavy atom. The number of aryl methyl sites for hydroxylation is 1. The number of hydrogen-bond donors (Lipinski definition) is 0. The summed E-state index contributed by atoms with van der Waals surface area (Å²) in [4.78, 5) is 17.0. The average molecular weight is 421 g/mol. The minimum Gasteiger partial charge on any atom is -0.495 e. The molecular formula is C18H21BrN4O3. The van der Waals surface area contributed by atoms with Crippen LogP contribution in [0.1, 0.15) is 16.9 Å². The molecule has 1 aromatic heterocycles. The number of fused-ring (bicyclic) bond motifs is 1.